The number of rotatable bonds is 4. The third kappa shape index (κ3) is 4.77. The molecular formula is C70H59BN2S2. The van der Waals surface area contributed by atoms with Crippen LogP contribution >= 0.6 is 23.5 Å². The molecular weight excluding hydrogens is 944 g/mol. The molecule has 9 aliphatic carbocycles. The fraction of sp³-hybridized carbons (Fsp3) is 0.343. The van der Waals surface area contributed by atoms with Crippen molar-refractivity contribution in [2.24, 2.45) is 46.3 Å². The van der Waals surface area contributed by atoms with Crippen molar-refractivity contribution >= 4 is 90.9 Å². The summed E-state index contributed by atoms with van der Waals surface area (Å²) < 4.78 is 2.91. The Morgan fingerprint density at radius 2 is 1.29 bits per heavy atom. The van der Waals surface area contributed by atoms with Gasteiger partial charge in [-0.05, 0) is 238 Å². The molecule has 12 aliphatic rings. The molecule has 2 nitrogen and oxygen atoms in total. The molecule has 7 unspecified atom stereocenters. The highest BCUT2D eigenvalue weighted by Crippen LogP contribution is 2.85. The van der Waals surface area contributed by atoms with Gasteiger partial charge in [0.15, 0.2) is 0 Å². The van der Waals surface area contributed by atoms with Gasteiger partial charge in [0.1, 0.15) is 0 Å². The van der Waals surface area contributed by atoms with E-state index in [1.807, 2.05) is 23.5 Å². The highest BCUT2D eigenvalue weighted by atomic mass is 32.2. The molecule has 7 atom stereocenters. The molecule has 9 saturated carbocycles. The summed E-state index contributed by atoms with van der Waals surface area (Å²) in [6, 6.07) is 58.9. The Morgan fingerprint density at radius 1 is 0.547 bits per heavy atom. The van der Waals surface area contributed by atoms with Crippen molar-refractivity contribution in [2.75, 3.05) is 4.90 Å². The van der Waals surface area contributed by atoms with E-state index in [4.69, 9.17) is 0 Å². The van der Waals surface area contributed by atoms with Gasteiger partial charge in [-0.1, -0.05) is 123 Å². The van der Waals surface area contributed by atoms with Crippen LogP contribution < -0.4 is 15.8 Å². The molecule has 0 N–H and O–H groups in total. The first-order valence-electron chi connectivity index (χ1n) is 28.9. The van der Waals surface area contributed by atoms with Crippen molar-refractivity contribution in [2.45, 2.75) is 121 Å². The van der Waals surface area contributed by atoms with E-state index in [9.17, 15) is 0 Å². The second kappa shape index (κ2) is 13.2. The Morgan fingerprint density at radius 3 is 2.07 bits per heavy atom. The molecule has 5 heteroatoms. The van der Waals surface area contributed by atoms with E-state index < -0.39 is 0 Å². The lowest BCUT2D eigenvalue weighted by atomic mass is 9.38. The molecule has 75 heavy (non-hydrogen) atoms. The van der Waals surface area contributed by atoms with Crippen molar-refractivity contribution in [3.63, 3.8) is 0 Å². The van der Waals surface area contributed by atoms with Gasteiger partial charge in [0.05, 0.1) is 11.4 Å². The average molecular weight is 1000 g/mol. The quantitative estimate of drug-likeness (QED) is 0.163. The van der Waals surface area contributed by atoms with Gasteiger partial charge in [0.25, 0.3) is 0 Å². The van der Waals surface area contributed by atoms with Crippen LogP contribution in [-0.4, -0.2) is 11.3 Å². The number of nitrogens with zero attached hydrogens (tertiary/aromatic N) is 2. The van der Waals surface area contributed by atoms with Gasteiger partial charge in [-0.2, -0.15) is 0 Å². The van der Waals surface area contributed by atoms with E-state index >= 15 is 0 Å². The van der Waals surface area contributed by atoms with Crippen molar-refractivity contribution < 1.29 is 0 Å². The second-order valence-corrected chi connectivity index (χ2v) is 29.8. The van der Waals surface area contributed by atoms with Gasteiger partial charge in [-0.25, -0.2) is 0 Å². The van der Waals surface area contributed by atoms with Gasteiger partial charge in [0.2, 0.25) is 0 Å². The summed E-state index contributed by atoms with van der Waals surface area (Å²) >= 11 is 3.93. The fourth-order valence-corrected chi connectivity index (χ4v) is 23.4. The maximum absolute atomic E-state index is 2.91. The monoisotopic (exact) mass is 1000 g/mol. The van der Waals surface area contributed by atoms with Crippen LogP contribution in [0.3, 0.4) is 0 Å². The topological polar surface area (TPSA) is 8.17 Å². The van der Waals surface area contributed by atoms with E-state index in [1.54, 1.807) is 11.1 Å². The lowest BCUT2D eigenvalue weighted by Gasteiger charge is -2.66. The number of fused-ring (bicyclic) bond motifs is 13. The van der Waals surface area contributed by atoms with E-state index in [0.29, 0.717) is 16.2 Å². The highest BCUT2D eigenvalue weighted by Gasteiger charge is 2.78. The van der Waals surface area contributed by atoms with Crippen LogP contribution in [-0.2, 0) is 16.2 Å². The average Bonchev–Trinajstić information content (AvgIpc) is 4.44. The molecule has 4 heterocycles. The fourth-order valence-electron chi connectivity index (χ4n) is 21.1. The molecule has 0 saturated heterocycles. The van der Waals surface area contributed by atoms with E-state index in [1.165, 1.54) is 172 Å². The predicted octanol–water partition coefficient (Wildman–Crippen LogP) is 17.1. The molecule has 0 radical (unpaired) electrons. The van der Waals surface area contributed by atoms with Crippen LogP contribution in [0.2, 0.25) is 0 Å². The van der Waals surface area contributed by atoms with Gasteiger partial charge >= 0.3 is 6.85 Å². The third-order valence-electron chi connectivity index (χ3n) is 23.9. The zero-order valence-corrected chi connectivity index (χ0v) is 44.8. The van der Waals surface area contributed by atoms with Crippen LogP contribution in [0.15, 0.2) is 165 Å². The maximum Gasteiger partial charge on any atom is 0.333 e. The lowest BCUT2D eigenvalue weighted by Crippen LogP contribution is -2.59. The van der Waals surface area contributed by atoms with Crippen LogP contribution in [0.1, 0.15) is 102 Å². The van der Waals surface area contributed by atoms with Gasteiger partial charge in [-0.3, -0.25) is 0 Å². The zero-order valence-electron chi connectivity index (χ0n) is 43.2. The molecule has 9 fully saturated rings. The first kappa shape index (κ1) is 41.5. The van der Waals surface area contributed by atoms with Crippen molar-refractivity contribution in [3.8, 4) is 22.3 Å². The molecule has 5 bridgehead atoms. The number of hydrogen-bond donors (Lipinski definition) is 0. The molecule has 1 aromatic heterocycles. The molecule has 2 spiro atoms. The molecule has 0 amide bonds. The number of hydrogen-bond acceptors (Lipinski definition) is 3. The van der Waals surface area contributed by atoms with Crippen molar-refractivity contribution in [3.05, 3.63) is 162 Å². The highest BCUT2D eigenvalue weighted by molar-refractivity contribution is 8.05. The van der Waals surface area contributed by atoms with Gasteiger partial charge in [0, 0.05) is 63.6 Å². The normalized spacial score (nSPS) is 32.5. The standard InChI is InChI=1S/C70H59BN2S2/c1-66(2,3)41-17-19-56(49(25-41)38-11-5-4-6-12-38)72-58-30-62-61(74-59-15-9-10-16-60(59)75-62)29-55(58)71-63-51(22-39-13-7-8-14-48(39)65(63)72)53-28-43(68-32-45-21-40-31-69(45,36-68)54(40)35-68)27-52-50-26-42(18-20-57(50)73(71)64(52)53)67-33-46-23-44-24-47(34-67)70(44,46)37-67/h4-20,22,25-30,40,44-47,54H,21,23-24,31-37H2,1-3H3. The minimum atomic E-state index is -0.0120. The van der Waals surface area contributed by atoms with Crippen LogP contribution in [0.25, 0.3) is 54.8 Å². The zero-order chi connectivity index (χ0) is 48.9. The van der Waals surface area contributed by atoms with Gasteiger partial charge in [-0.15, -0.1) is 0 Å². The molecule has 364 valence electrons. The minimum absolute atomic E-state index is 0.0117. The Labute approximate surface area is 449 Å². The Bertz CT molecular complexity index is 4150. The molecule has 21 rings (SSSR count). The molecule has 9 aromatic rings. The Balaban J connectivity index is 0.907. The maximum atomic E-state index is 2.91. The van der Waals surface area contributed by atoms with E-state index in [0.717, 1.165) is 35.5 Å². The smallest absolute Gasteiger partial charge is 0.333 e. The Kier molecular flexibility index (Phi) is 7.31. The summed E-state index contributed by atoms with van der Waals surface area (Å²) in [5.74, 6) is 5.83. The SMILES string of the molecule is CC(C)(C)c1ccc(N2c3cc4c(cc3B3c5c(cc6ccccc6c52)-c2cc(C56CC7CC8CC7(C5)C8C6)cc5c6cc(C78CC9CC%10CC(C7)C%109C8)ccc6n3c25)Sc2ccccc2S4)c(-c2ccccc2)c1. The third-order valence-corrected chi connectivity index (χ3v) is 26.5. The first-order chi connectivity index (χ1) is 36.6. The summed E-state index contributed by atoms with van der Waals surface area (Å²) in [4.78, 5) is 8.19. The van der Waals surface area contributed by atoms with Crippen molar-refractivity contribution in [1.29, 1.82) is 0 Å². The van der Waals surface area contributed by atoms with Crippen LogP contribution in [0.5, 0.6) is 0 Å². The van der Waals surface area contributed by atoms with E-state index in [2.05, 4.69) is 176 Å². The van der Waals surface area contributed by atoms with Crippen molar-refractivity contribution in [1.82, 2.24) is 4.48 Å². The summed E-state index contributed by atoms with van der Waals surface area (Å²) in [6.07, 6.45) is 14.6. The van der Waals surface area contributed by atoms with Gasteiger partial charge < -0.3 is 9.38 Å². The predicted molar refractivity (Wildman–Crippen MR) is 312 cm³/mol. The summed E-state index contributed by atoms with van der Waals surface area (Å²) in [5, 5.41) is 5.71. The number of anilines is 3. The van der Waals surface area contributed by atoms with E-state index in [-0.39, 0.29) is 17.7 Å². The number of aromatic nitrogens is 1. The lowest BCUT2D eigenvalue weighted by molar-refractivity contribution is -0.175. The van der Waals surface area contributed by atoms with Crippen LogP contribution in [0, 0.1) is 46.3 Å². The minimum Gasteiger partial charge on any atom is -0.375 e. The largest absolute Gasteiger partial charge is 0.375 e. The summed E-state index contributed by atoms with van der Waals surface area (Å²) in [7, 11) is 0. The van der Waals surface area contributed by atoms with Crippen LogP contribution in [0.4, 0.5) is 17.1 Å². The number of benzene rings is 8. The first-order valence-corrected chi connectivity index (χ1v) is 30.5. The Hall–Kier alpha value is -5.62. The molecule has 8 aromatic carbocycles. The second-order valence-electron chi connectivity index (χ2n) is 27.7. The molecule has 3 aliphatic heterocycles. The summed E-state index contributed by atoms with van der Waals surface area (Å²) in [6.45, 7) is 7.08. The summed E-state index contributed by atoms with van der Waals surface area (Å²) in [5.41, 5.74) is 21.8.